The molecule has 0 atom stereocenters. The summed E-state index contributed by atoms with van der Waals surface area (Å²) in [6.07, 6.45) is 0. The molecule has 1 aromatic heterocycles. The lowest BCUT2D eigenvalue weighted by molar-refractivity contribution is 0.140. The van der Waals surface area contributed by atoms with Crippen LogP contribution in [0.3, 0.4) is 0 Å². The Hall–Kier alpha value is -0.800. The third-order valence-corrected chi connectivity index (χ3v) is 2.77. The van der Waals surface area contributed by atoms with Crippen molar-refractivity contribution in [1.82, 2.24) is 9.80 Å². The maximum absolute atomic E-state index is 5.56. The van der Waals surface area contributed by atoms with E-state index in [-0.39, 0.29) is 0 Å². The summed E-state index contributed by atoms with van der Waals surface area (Å²) < 4.78 is 5.56. The summed E-state index contributed by atoms with van der Waals surface area (Å²) in [6.45, 7) is 11.6. The van der Waals surface area contributed by atoms with Gasteiger partial charge in [-0.15, -0.1) is 0 Å². The molecular weight excluding hydrogens is 200 g/mol. The minimum Gasteiger partial charge on any atom is -0.465 e. The Labute approximate surface area is 99.0 Å². The van der Waals surface area contributed by atoms with Crippen molar-refractivity contribution in [1.29, 1.82) is 0 Å². The van der Waals surface area contributed by atoms with Crippen LogP contribution in [0.25, 0.3) is 0 Å². The van der Waals surface area contributed by atoms with Gasteiger partial charge in [-0.1, -0.05) is 13.8 Å². The molecule has 1 aliphatic rings. The molecule has 2 rings (SSSR count). The quantitative estimate of drug-likeness (QED) is 0.769. The van der Waals surface area contributed by atoms with Crippen LogP contribution in [0, 0.1) is 6.92 Å². The molecule has 2 heterocycles. The minimum absolute atomic E-state index is 0.960. The van der Waals surface area contributed by atoms with Crippen molar-refractivity contribution in [2.45, 2.75) is 27.3 Å². The third kappa shape index (κ3) is 3.99. The Bertz CT molecular complexity index is 288. The number of piperazine rings is 1. The van der Waals surface area contributed by atoms with E-state index in [9.17, 15) is 0 Å². The van der Waals surface area contributed by atoms with E-state index in [1.165, 1.54) is 13.1 Å². The fraction of sp³-hybridized carbons (Fsp3) is 0.692. The topological polar surface area (TPSA) is 19.6 Å². The largest absolute Gasteiger partial charge is 0.465 e. The molecule has 0 unspecified atom stereocenters. The lowest BCUT2D eigenvalue weighted by Gasteiger charge is -2.31. The zero-order chi connectivity index (χ0) is 12.0. The molecule has 0 spiro atoms. The Kier molecular flexibility index (Phi) is 5.56. The first kappa shape index (κ1) is 13.3. The van der Waals surface area contributed by atoms with Crippen LogP contribution < -0.4 is 0 Å². The van der Waals surface area contributed by atoms with Crippen LogP contribution >= 0.6 is 0 Å². The summed E-state index contributed by atoms with van der Waals surface area (Å²) in [5.74, 6) is 2.10. The maximum Gasteiger partial charge on any atom is 0.118 e. The van der Waals surface area contributed by atoms with Crippen molar-refractivity contribution < 1.29 is 4.42 Å². The molecule has 16 heavy (non-hydrogen) atoms. The van der Waals surface area contributed by atoms with Gasteiger partial charge in [-0.25, -0.2) is 0 Å². The maximum atomic E-state index is 5.56. The van der Waals surface area contributed by atoms with Crippen molar-refractivity contribution >= 4 is 0 Å². The minimum atomic E-state index is 0.960. The van der Waals surface area contributed by atoms with Gasteiger partial charge in [0.05, 0.1) is 6.54 Å². The van der Waals surface area contributed by atoms with E-state index in [0.29, 0.717) is 0 Å². The van der Waals surface area contributed by atoms with Crippen LogP contribution in [0.4, 0.5) is 0 Å². The summed E-state index contributed by atoms with van der Waals surface area (Å²) in [6, 6.07) is 4.11. The highest BCUT2D eigenvalue weighted by molar-refractivity contribution is 5.05. The standard InChI is InChI=1S/C11H18N2O.C2H6/c1-10-3-4-11(14-10)9-13-7-5-12(2)6-8-13;1-2/h3-4H,5-9H2,1-2H3;1-2H3. The molecule has 0 aliphatic carbocycles. The highest BCUT2D eigenvalue weighted by atomic mass is 16.3. The molecule has 0 amide bonds. The van der Waals surface area contributed by atoms with Crippen molar-refractivity contribution in [2.75, 3.05) is 33.2 Å². The van der Waals surface area contributed by atoms with Crippen LogP contribution in [-0.4, -0.2) is 43.0 Å². The summed E-state index contributed by atoms with van der Waals surface area (Å²) in [5, 5.41) is 0. The molecule has 3 heteroatoms. The predicted molar refractivity (Wildman–Crippen MR) is 67.6 cm³/mol. The number of rotatable bonds is 2. The lowest BCUT2D eigenvalue weighted by Crippen LogP contribution is -2.43. The van der Waals surface area contributed by atoms with Crippen LogP contribution in [0.15, 0.2) is 16.5 Å². The molecule has 0 aromatic carbocycles. The first-order valence-corrected chi connectivity index (χ1v) is 6.20. The van der Waals surface area contributed by atoms with Crippen molar-refractivity contribution in [3.05, 3.63) is 23.7 Å². The van der Waals surface area contributed by atoms with E-state index < -0.39 is 0 Å². The van der Waals surface area contributed by atoms with Crippen LogP contribution in [-0.2, 0) is 6.54 Å². The summed E-state index contributed by atoms with van der Waals surface area (Å²) >= 11 is 0. The second-order valence-corrected chi connectivity index (χ2v) is 4.09. The van der Waals surface area contributed by atoms with Crippen molar-refractivity contribution in [3.63, 3.8) is 0 Å². The Morgan fingerprint density at radius 3 is 2.25 bits per heavy atom. The molecule has 1 saturated heterocycles. The normalized spacial score (nSPS) is 18.0. The average Bonchev–Trinajstić information content (AvgIpc) is 2.70. The Morgan fingerprint density at radius 2 is 1.75 bits per heavy atom. The predicted octanol–water partition coefficient (Wildman–Crippen LogP) is 2.36. The number of hydrogen-bond donors (Lipinski definition) is 0. The van der Waals surface area contributed by atoms with Gasteiger partial charge >= 0.3 is 0 Å². The molecule has 92 valence electrons. The van der Waals surface area contributed by atoms with Gasteiger partial charge in [-0.2, -0.15) is 0 Å². The second-order valence-electron chi connectivity index (χ2n) is 4.09. The molecule has 0 radical (unpaired) electrons. The first-order valence-electron chi connectivity index (χ1n) is 6.20. The van der Waals surface area contributed by atoms with Gasteiger partial charge in [0.15, 0.2) is 0 Å². The summed E-state index contributed by atoms with van der Waals surface area (Å²) in [4.78, 5) is 4.81. The fourth-order valence-electron chi connectivity index (χ4n) is 1.80. The molecule has 1 aromatic rings. The number of furan rings is 1. The molecule has 3 nitrogen and oxygen atoms in total. The van der Waals surface area contributed by atoms with E-state index >= 15 is 0 Å². The van der Waals surface area contributed by atoms with Crippen LogP contribution in [0.2, 0.25) is 0 Å². The smallest absolute Gasteiger partial charge is 0.118 e. The van der Waals surface area contributed by atoms with Gasteiger partial charge in [-0.3, -0.25) is 4.90 Å². The third-order valence-electron chi connectivity index (χ3n) is 2.77. The van der Waals surface area contributed by atoms with Gasteiger partial charge in [0.25, 0.3) is 0 Å². The number of likely N-dealkylation sites (N-methyl/N-ethyl adjacent to an activating group) is 1. The molecule has 1 aliphatic heterocycles. The fourth-order valence-corrected chi connectivity index (χ4v) is 1.80. The molecular formula is C13H24N2O. The average molecular weight is 224 g/mol. The van der Waals surface area contributed by atoms with Gasteiger partial charge in [0, 0.05) is 26.2 Å². The highest BCUT2D eigenvalue weighted by Crippen LogP contribution is 2.10. The van der Waals surface area contributed by atoms with Gasteiger partial charge in [0.2, 0.25) is 0 Å². The molecule has 1 fully saturated rings. The Balaban J connectivity index is 0.000000606. The van der Waals surface area contributed by atoms with E-state index in [1.807, 2.05) is 26.8 Å². The summed E-state index contributed by atoms with van der Waals surface area (Å²) in [7, 11) is 2.17. The van der Waals surface area contributed by atoms with E-state index in [0.717, 1.165) is 31.2 Å². The van der Waals surface area contributed by atoms with Gasteiger partial charge in [0.1, 0.15) is 11.5 Å². The number of aryl methyl sites for hydroxylation is 1. The SMILES string of the molecule is CC.Cc1ccc(CN2CCN(C)CC2)o1. The second kappa shape index (κ2) is 6.71. The molecule has 0 saturated carbocycles. The lowest BCUT2D eigenvalue weighted by atomic mass is 10.3. The molecule has 0 N–H and O–H groups in total. The van der Waals surface area contributed by atoms with Crippen molar-refractivity contribution in [2.24, 2.45) is 0 Å². The molecule has 0 bridgehead atoms. The van der Waals surface area contributed by atoms with E-state index in [1.54, 1.807) is 0 Å². The van der Waals surface area contributed by atoms with Crippen molar-refractivity contribution in [3.8, 4) is 0 Å². The number of nitrogens with zero attached hydrogens (tertiary/aromatic N) is 2. The van der Waals surface area contributed by atoms with Crippen LogP contribution in [0.1, 0.15) is 25.4 Å². The highest BCUT2D eigenvalue weighted by Gasteiger charge is 2.14. The van der Waals surface area contributed by atoms with E-state index in [4.69, 9.17) is 4.42 Å². The zero-order valence-corrected chi connectivity index (χ0v) is 11.0. The number of hydrogen-bond acceptors (Lipinski definition) is 3. The Morgan fingerprint density at radius 1 is 1.12 bits per heavy atom. The van der Waals surface area contributed by atoms with Gasteiger partial charge < -0.3 is 9.32 Å². The summed E-state index contributed by atoms with van der Waals surface area (Å²) in [5.41, 5.74) is 0. The van der Waals surface area contributed by atoms with Crippen LogP contribution in [0.5, 0.6) is 0 Å². The zero-order valence-electron chi connectivity index (χ0n) is 11.0. The monoisotopic (exact) mass is 224 g/mol. The first-order chi connectivity index (χ1) is 7.74. The van der Waals surface area contributed by atoms with E-state index in [2.05, 4.69) is 22.9 Å². The van der Waals surface area contributed by atoms with Gasteiger partial charge in [-0.05, 0) is 26.1 Å².